The van der Waals surface area contributed by atoms with Crippen LogP contribution in [0, 0.1) is 12.8 Å². The van der Waals surface area contributed by atoms with Gasteiger partial charge in [0.1, 0.15) is 18.4 Å². The second kappa shape index (κ2) is 8.26. The molecular formula is C20H22N6O3. The molecule has 2 amide bonds. The third-order valence-corrected chi connectivity index (χ3v) is 5.04. The highest BCUT2D eigenvalue weighted by molar-refractivity contribution is 5.95. The van der Waals surface area contributed by atoms with Crippen LogP contribution in [0.2, 0.25) is 0 Å². The van der Waals surface area contributed by atoms with E-state index in [0.717, 1.165) is 5.56 Å². The highest BCUT2D eigenvalue weighted by Crippen LogP contribution is 2.21. The Morgan fingerprint density at radius 3 is 2.59 bits per heavy atom. The molecule has 1 aliphatic heterocycles. The van der Waals surface area contributed by atoms with Gasteiger partial charge in [0.2, 0.25) is 5.91 Å². The molecule has 1 aliphatic rings. The molecule has 1 N–H and O–H groups in total. The molecule has 0 atom stereocenters. The van der Waals surface area contributed by atoms with Crippen molar-refractivity contribution in [1.29, 1.82) is 0 Å². The van der Waals surface area contributed by atoms with Crippen LogP contribution in [0.15, 0.2) is 47.5 Å². The third kappa shape index (κ3) is 4.50. The van der Waals surface area contributed by atoms with Gasteiger partial charge in [0.05, 0.1) is 6.54 Å². The highest BCUT2D eigenvalue weighted by Gasteiger charge is 2.28. The number of carbonyl (C=O) groups is 2. The number of aromatic nitrogens is 4. The maximum atomic E-state index is 12.8. The molecule has 0 aliphatic carbocycles. The SMILES string of the molecule is Cc1cc(NC(=O)C2CCN(C(=O)c3ccc(Cn4cncn4)cc3)CC2)no1. The fraction of sp³-hybridized carbons (Fsp3) is 0.350. The summed E-state index contributed by atoms with van der Waals surface area (Å²) in [6, 6.07) is 9.20. The molecule has 4 rings (SSSR count). The van der Waals surface area contributed by atoms with Gasteiger partial charge in [-0.3, -0.25) is 9.59 Å². The van der Waals surface area contributed by atoms with E-state index in [1.165, 1.54) is 6.33 Å². The van der Waals surface area contributed by atoms with Gasteiger partial charge >= 0.3 is 0 Å². The van der Waals surface area contributed by atoms with Crippen LogP contribution >= 0.6 is 0 Å². The van der Waals surface area contributed by atoms with Crippen LogP contribution < -0.4 is 5.32 Å². The summed E-state index contributed by atoms with van der Waals surface area (Å²) in [4.78, 5) is 30.9. The van der Waals surface area contributed by atoms with E-state index in [-0.39, 0.29) is 17.7 Å². The first kappa shape index (κ1) is 18.9. The first-order valence-electron chi connectivity index (χ1n) is 9.53. The molecule has 0 radical (unpaired) electrons. The Bertz CT molecular complexity index is 972. The van der Waals surface area contributed by atoms with E-state index in [1.807, 2.05) is 24.3 Å². The van der Waals surface area contributed by atoms with Crippen molar-refractivity contribution in [3.63, 3.8) is 0 Å². The van der Waals surface area contributed by atoms with Gasteiger partial charge in [-0.25, -0.2) is 9.67 Å². The van der Waals surface area contributed by atoms with Gasteiger partial charge in [-0.15, -0.1) is 0 Å². The Kier molecular flexibility index (Phi) is 5.37. The number of likely N-dealkylation sites (tertiary alicyclic amines) is 1. The Labute approximate surface area is 167 Å². The van der Waals surface area contributed by atoms with Crippen molar-refractivity contribution in [2.45, 2.75) is 26.3 Å². The van der Waals surface area contributed by atoms with E-state index >= 15 is 0 Å². The molecule has 0 bridgehead atoms. The maximum Gasteiger partial charge on any atom is 0.253 e. The van der Waals surface area contributed by atoms with E-state index in [1.54, 1.807) is 28.9 Å². The fourth-order valence-electron chi connectivity index (χ4n) is 3.44. The normalized spacial score (nSPS) is 14.7. The van der Waals surface area contributed by atoms with Crippen LogP contribution in [-0.2, 0) is 11.3 Å². The summed E-state index contributed by atoms with van der Waals surface area (Å²) >= 11 is 0. The number of nitrogens with one attached hydrogen (secondary N) is 1. The molecular weight excluding hydrogens is 372 g/mol. The van der Waals surface area contributed by atoms with Crippen molar-refractivity contribution >= 4 is 17.6 Å². The number of aryl methyl sites for hydroxylation is 1. The van der Waals surface area contributed by atoms with Gasteiger partial charge in [0.25, 0.3) is 5.91 Å². The van der Waals surface area contributed by atoms with Gasteiger partial charge in [0.15, 0.2) is 5.82 Å². The fourth-order valence-corrected chi connectivity index (χ4v) is 3.44. The summed E-state index contributed by atoms with van der Waals surface area (Å²) < 4.78 is 6.69. The van der Waals surface area contributed by atoms with Gasteiger partial charge < -0.3 is 14.7 Å². The summed E-state index contributed by atoms with van der Waals surface area (Å²) in [6.07, 6.45) is 4.40. The van der Waals surface area contributed by atoms with Gasteiger partial charge in [-0.05, 0) is 37.5 Å². The third-order valence-electron chi connectivity index (χ3n) is 5.04. The second-order valence-corrected chi connectivity index (χ2v) is 7.17. The number of carbonyl (C=O) groups excluding carboxylic acids is 2. The summed E-state index contributed by atoms with van der Waals surface area (Å²) in [6.45, 7) is 3.48. The molecule has 150 valence electrons. The molecule has 3 aromatic rings. The number of hydrogen-bond donors (Lipinski definition) is 1. The minimum absolute atomic E-state index is 0.0108. The average Bonchev–Trinajstić information content (AvgIpc) is 3.40. The lowest BCUT2D eigenvalue weighted by Gasteiger charge is -2.31. The van der Waals surface area contributed by atoms with Crippen LogP contribution in [0.4, 0.5) is 5.82 Å². The molecule has 1 aromatic carbocycles. The molecule has 0 saturated carbocycles. The van der Waals surface area contributed by atoms with Crippen LogP contribution in [0.5, 0.6) is 0 Å². The van der Waals surface area contributed by atoms with E-state index < -0.39 is 0 Å². The van der Waals surface area contributed by atoms with Crippen molar-refractivity contribution in [2.75, 3.05) is 18.4 Å². The first-order chi connectivity index (χ1) is 14.1. The number of nitrogens with zero attached hydrogens (tertiary/aromatic N) is 5. The van der Waals surface area contributed by atoms with Crippen LogP contribution in [0.1, 0.15) is 34.5 Å². The summed E-state index contributed by atoms with van der Waals surface area (Å²) in [5.74, 6) is 0.845. The average molecular weight is 394 g/mol. The lowest BCUT2D eigenvalue weighted by atomic mass is 9.95. The minimum Gasteiger partial charge on any atom is -0.360 e. The molecule has 0 unspecified atom stereocenters. The number of benzene rings is 1. The van der Waals surface area contributed by atoms with Crippen molar-refractivity contribution in [2.24, 2.45) is 5.92 Å². The quantitative estimate of drug-likeness (QED) is 0.710. The number of rotatable bonds is 5. The molecule has 9 heteroatoms. The molecule has 1 fully saturated rings. The van der Waals surface area contributed by atoms with E-state index in [2.05, 4.69) is 20.6 Å². The Morgan fingerprint density at radius 2 is 1.97 bits per heavy atom. The lowest BCUT2D eigenvalue weighted by molar-refractivity contribution is -0.121. The van der Waals surface area contributed by atoms with Crippen molar-refractivity contribution in [3.8, 4) is 0 Å². The zero-order chi connectivity index (χ0) is 20.2. The largest absolute Gasteiger partial charge is 0.360 e. The number of anilines is 1. The predicted molar refractivity (Wildman–Crippen MR) is 104 cm³/mol. The van der Waals surface area contributed by atoms with E-state index in [0.29, 0.717) is 49.6 Å². The van der Waals surface area contributed by atoms with Crippen molar-refractivity contribution in [1.82, 2.24) is 24.8 Å². The molecule has 29 heavy (non-hydrogen) atoms. The first-order valence-corrected chi connectivity index (χ1v) is 9.53. The predicted octanol–water partition coefficient (Wildman–Crippen LogP) is 2.11. The van der Waals surface area contributed by atoms with Crippen LogP contribution in [0.3, 0.4) is 0 Å². The molecule has 1 saturated heterocycles. The molecule has 9 nitrogen and oxygen atoms in total. The zero-order valence-electron chi connectivity index (χ0n) is 16.1. The monoisotopic (exact) mass is 394 g/mol. The topological polar surface area (TPSA) is 106 Å². The molecule has 3 heterocycles. The Hall–Kier alpha value is -3.49. The molecule has 2 aromatic heterocycles. The molecule has 0 spiro atoms. The summed E-state index contributed by atoms with van der Waals surface area (Å²) in [5, 5.41) is 10.6. The van der Waals surface area contributed by atoms with Gasteiger partial charge in [-0.1, -0.05) is 17.3 Å². The number of piperidine rings is 1. The van der Waals surface area contributed by atoms with E-state index in [9.17, 15) is 9.59 Å². The van der Waals surface area contributed by atoms with Crippen molar-refractivity contribution in [3.05, 3.63) is 59.9 Å². The van der Waals surface area contributed by atoms with Gasteiger partial charge in [0, 0.05) is 30.6 Å². The zero-order valence-corrected chi connectivity index (χ0v) is 16.1. The smallest absolute Gasteiger partial charge is 0.253 e. The lowest BCUT2D eigenvalue weighted by Crippen LogP contribution is -2.41. The van der Waals surface area contributed by atoms with Crippen LogP contribution in [-0.4, -0.2) is 49.7 Å². The minimum atomic E-state index is -0.138. The number of hydrogen-bond acceptors (Lipinski definition) is 6. The number of amides is 2. The summed E-state index contributed by atoms with van der Waals surface area (Å²) in [5.41, 5.74) is 1.69. The van der Waals surface area contributed by atoms with Crippen LogP contribution in [0.25, 0.3) is 0 Å². The van der Waals surface area contributed by atoms with E-state index in [4.69, 9.17) is 4.52 Å². The summed E-state index contributed by atoms with van der Waals surface area (Å²) in [7, 11) is 0. The Balaban J connectivity index is 1.30. The van der Waals surface area contributed by atoms with Gasteiger partial charge in [-0.2, -0.15) is 5.10 Å². The standard InChI is InChI=1S/C20H22N6O3/c1-14-10-18(24-29-14)23-19(27)16-6-8-25(9-7-16)20(28)17-4-2-15(3-5-17)11-26-13-21-12-22-26/h2-5,10,12-13,16H,6-9,11H2,1H3,(H,23,24,27). The van der Waals surface area contributed by atoms with Crippen molar-refractivity contribution < 1.29 is 14.1 Å². The Morgan fingerprint density at radius 1 is 1.21 bits per heavy atom. The highest BCUT2D eigenvalue weighted by atomic mass is 16.5. The second-order valence-electron chi connectivity index (χ2n) is 7.17. The maximum absolute atomic E-state index is 12.8.